The van der Waals surface area contributed by atoms with E-state index in [2.05, 4.69) is 25.1 Å². The van der Waals surface area contributed by atoms with Crippen LogP contribution in [0.2, 0.25) is 0 Å². The molecule has 0 amide bonds. The van der Waals surface area contributed by atoms with Crippen molar-refractivity contribution in [3.63, 3.8) is 0 Å². The zero-order valence-electron chi connectivity index (χ0n) is 14.5. The van der Waals surface area contributed by atoms with Gasteiger partial charge in [0.05, 0.1) is 18.8 Å². The molecule has 1 unspecified atom stereocenters. The molecule has 8 nitrogen and oxygen atoms in total. The fraction of sp³-hybridized carbons (Fsp3) is 0.389. The van der Waals surface area contributed by atoms with Gasteiger partial charge in [0.25, 0.3) is 5.56 Å². The fourth-order valence-corrected chi connectivity index (χ4v) is 3.42. The van der Waals surface area contributed by atoms with Crippen molar-refractivity contribution < 1.29 is 0 Å². The van der Waals surface area contributed by atoms with Gasteiger partial charge in [-0.2, -0.15) is 10.2 Å². The molecule has 1 aliphatic heterocycles. The van der Waals surface area contributed by atoms with E-state index in [0.717, 1.165) is 43.7 Å². The first-order chi connectivity index (χ1) is 12.8. The van der Waals surface area contributed by atoms with E-state index in [1.54, 1.807) is 41.9 Å². The highest BCUT2D eigenvalue weighted by Gasteiger charge is 2.25. The van der Waals surface area contributed by atoms with Crippen LogP contribution in [-0.2, 0) is 13.1 Å². The van der Waals surface area contributed by atoms with Crippen LogP contribution in [-0.4, -0.2) is 53.6 Å². The van der Waals surface area contributed by atoms with Gasteiger partial charge in [-0.15, -0.1) is 0 Å². The Morgan fingerprint density at radius 1 is 1.15 bits per heavy atom. The van der Waals surface area contributed by atoms with E-state index in [1.807, 2.05) is 16.8 Å². The van der Waals surface area contributed by atoms with Crippen LogP contribution >= 0.6 is 0 Å². The molecule has 1 aliphatic rings. The minimum atomic E-state index is -0.0687. The van der Waals surface area contributed by atoms with Crippen molar-refractivity contribution in [2.24, 2.45) is 0 Å². The van der Waals surface area contributed by atoms with E-state index in [4.69, 9.17) is 0 Å². The van der Waals surface area contributed by atoms with Gasteiger partial charge in [0.2, 0.25) is 0 Å². The summed E-state index contributed by atoms with van der Waals surface area (Å²) in [6.07, 6.45) is 8.98. The summed E-state index contributed by atoms with van der Waals surface area (Å²) in [5, 5.41) is 8.71. The molecule has 134 valence electrons. The standard InChI is InChI=1S/C18H21N7O/c26-18-6-5-17(15-3-1-7-19-11-15)22-25(18)12-16-4-2-8-23(16)9-10-24-14-20-13-21-24/h1,3,5-7,11,13-14,16H,2,4,8-10,12H2. The molecule has 0 aromatic carbocycles. The quantitative estimate of drug-likeness (QED) is 0.660. The maximum absolute atomic E-state index is 12.3. The molecular weight excluding hydrogens is 330 g/mol. The lowest BCUT2D eigenvalue weighted by Crippen LogP contribution is -2.38. The van der Waals surface area contributed by atoms with Gasteiger partial charge < -0.3 is 0 Å². The second-order valence-corrected chi connectivity index (χ2v) is 6.47. The molecule has 0 saturated carbocycles. The highest BCUT2D eigenvalue weighted by molar-refractivity contribution is 5.56. The third-order valence-electron chi connectivity index (χ3n) is 4.79. The summed E-state index contributed by atoms with van der Waals surface area (Å²) < 4.78 is 3.42. The maximum atomic E-state index is 12.3. The molecule has 1 fully saturated rings. The van der Waals surface area contributed by atoms with E-state index in [-0.39, 0.29) is 5.56 Å². The summed E-state index contributed by atoms with van der Waals surface area (Å²) >= 11 is 0. The second-order valence-electron chi connectivity index (χ2n) is 6.47. The van der Waals surface area contributed by atoms with Crippen molar-refractivity contribution in [2.75, 3.05) is 13.1 Å². The van der Waals surface area contributed by atoms with Gasteiger partial charge in [-0.1, -0.05) is 0 Å². The lowest BCUT2D eigenvalue weighted by molar-refractivity contribution is 0.214. The van der Waals surface area contributed by atoms with Crippen LogP contribution in [0.4, 0.5) is 0 Å². The summed E-state index contributed by atoms with van der Waals surface area (Å²) in [7, 11) is 0. The van der Waals surface area contributed by atoms with Crippen LogP contribution in [0, 0.1) is 0 Å². The maximum Gasteiger partial charge on any atom is 0.266 e. The van der Waals surface area contributed by atoms with E-state index in [9.17, 15) is 4.79 Å². The van der Waals surface area contributed by atoms with Crippen LogP contribution in [0.15, 0.2) is 54.1 Å². The van der Waals surface area contributed by atoms with Gasteiger partial charge in [-0.25, -0.2) is 9.67 Å². The van der Waals surface area contributed by atoms with Crippen molar-refractivity contribution in [3.05, 3.63) is 59.7 Å². The first kappa shape index (κ1) is 16.6. The zero-order valence-corrected chi connectivity index (χ0v) is 14.5. The van der Waals surface area contributed by atoms with Crippen molar-refractivity contribution in [2.45, 2.75) is 32.0 Å². The van der Waals surface area contributed by atoms with E-state index < -0.39 is 0 Å². The smallest absolute Gasteiger partial charge is 0.266 e. The minimum absolute atomic E-state index is 0.0687. The van der Waals surface area contributed by atoms with Gasteiger partial charge in [-0.05, 0) is 37.6 Å². The first-order valence-corrected chi connectivity index (χ1v) is 8.84. The topological polar surface area (TPSA) is 81.7 Å². The number of hydrogen-bond acceptors (Lipinski definition) is 6. The molecule has 3 aromatic rings. The first-order valence-electron chi connectivity index (χ1n) is 8.84. The van der Waals surface area contributed by atoms with Crippen molar-refractivity contribution in [1.29, 1.82) is 0 Å². The molecule has 0 bridgehead atoms. The molecule has 8 heteroatoms. The number of pyridine rings is 1. The Morgan fingerprint density at radius 2 is 2.12 bits per heavy atom. The highest BCUT2D eigenvalue weighted by atomic mass is 16.1. The van der Waals surface area contributed by atoms with Gasteiger partial charge in [0.15, 0.2) is 0 Å². The Kier molecular flexibility index (Phi) is 4.83. The number of nitrogens with zero attached hydrogens (tertiary/aromatic N) is 7. The monoisotopic (exact) mass is 351 g/mol. The highest BCUT2D eigenvalue weighted by Crippen LogP contribution is 2.19. The summed E-state index contributed by atoms with van der Waals surface area (Å²) in [5.41, 5.74) is 1.61. The Bertz CT molecular complexity index is 891. The number of aromatic nitrogens is 6. The third kappa shape index (κ3) is 3.70. The Morgan fingerprint density at radius 3 is 2.92 bits per heavy atom. The molecular formula is C18H21N7O. The molecule has 0 aliphatic carbocycles. The Hall–Kier alpha value is -2.87. The largest absolute Gasteiger partial charge is 0.297 e. The van der Waals surface area contributed by atoms with Crippen LogP contribution in [0.1, 0.15) is 12.8 Å². The minimum Gasteiger partial charge on any atom is -0.297 e. The average molecular weight is 351 g/mol. The summed E-state index contributed by atoms with van der Waals surface area (Å²) in [6.45, 7) is 3.33. The third-order valence-corrected chi connectivity index (χ3v) is 4.79. The molecule has 0 radical (unpaired) electrons. The van der Waals surface area contributed by atoms with Gasteiger partial charge in [-0.3, -0.25) is 19.4 Å². The van der Waals surface area contributed by atoms with Crippen LogP contribution < -0.4 is 5.56 Å². The Balaban J connectivity index is 1.48. The molecule has 0 spiro atoms. The molecule has 1 saturated heterocycles. The zero-order chi connectivity index (χ0) is 17.8. The average Bonchev–Trinajstić information content (AvgIpc) is 3.34. The van der Waals surface area contributed by atoms with E-state index in [0.29, 0.717) is 12.6 Å². The number of hydrogen-bond donors (Lipinski definition) is 0. The lowest BCUT2D eigenvalue weighted by Gasteiger charge is -2.24. The molecule has 4 rings (SSSR count). The van der Waals surface area contributed by atoms with Crippen molar-refractivity contribution >= 4 is 0 Å². The SMILES string of the molecule is O=c1ccc(-c2cccnc2)nn1CC1CCCN1CCn1cncn1. The van der Waals surface area contributed by atoms with E-state index >= 15 is 0 Å². The Labute approximate surface area is 151 Å². The van der Waals surface area contributed by atoms with Crippen LogP contribution in [0.5, 0.6) is 0 Å². The predicted molar refractivity (Wildman–Crippen MR) is 96.3 cm³/mol. The fourth-order valence-electron chi connectivity index (χ4n) is 3.42. The van der Waals surface area contributed by atoms with Crippen LogP contribution in [0.3, 0.4) is 0 Å². The summed E-state index contributed by atoms with van der Waals surface area (Å²) in [6, 6.07) is 7.48. The molecule has 3 aromatic heterocycles. The molecule has 4 heterocycles. The number of likely N-dealkylation sites (tertiary alicyclic amines) is 1. The van der Waals surface area contributed by atoms with Gasteiger partial charge in [0, 0.05) is 36.6 Å². The molecule has 0 N–H and O–H groups in total. The number of rotatable bonds is 6. The van der Waals surface area contributed by atoms with Gasteiger partial charge in [0.1, 0.15) is 12.7 Å². The van der Waals surface area contributed by atoms with E-state index in [1.165, 1.54) is 0 Å². The molecule has 1 atom stereocenters. The van der Waals surface area contributed by atoms with Crippen LogP contribution in [0.25, 0.3) is 11.3 Å². The second kappa shape index (κ2) is 7.57. The normalized spacial score (nSPS) is 17.6. The van der Waals surface area contributed by atoms with Crippen molar-refractivity contribution in [3.8, 4) is 11.3 Å². The predicted octanol–water partition coefficient (Wildman–Crippen LogP) is 1.06. The van der Waals surface area contributed by atoms with Gasteiger partial charge >= 0.3 is 0 Å². The summed E-state index contributed by atoms with van der Waals surface area (Å²) in [4.78, 5) is 22.8. The lowest BCUT2D eigenvalue weighted by atomic mass is 10.2. The van der Waals surface area contributed by atoms with Crippen molar-refractivity contribution in [1.82, 2.24) is 34.4 Å². The molecule has 26 heavy (non-hydrogen) atoms. The summed E-state index contributed by atoms with van der Waals surface area (Å²) in [5.74, 6) is 0.